The lowest BCUT2D eigenvalue weighted by Crippen LogP contribution is -1.93. The minimum absolute atomic E-state index is 0.0563. The molecule has 0 fully saturated rings. The van der Waals surface area contributed by atoms with Crippen molar-refractivity contribution >= 4 is 7.68 Å². The van der Waals surface area contributed by atoms with E-state index in [2.05, 4.69) is 6.92 Å². The van der Waals surface area contributed by atoms with Gasteiger partial charge in [0.1, 0.15) is 0 Å². The van der Waals surface area contributed by atoms with Crippen molar-refractivity contribution in [2.45, 2.75) is 46.0 Å². The minimum Gasteiger partial charge on any atom is -0.306 e. The molecule has 0 rings (SSSR count). The fraction of sp³-hybridized carbons (Fsp3) is 1.00. The molecule has 0 N–H and O–H groups in total. The SMILES string of the molecule is CCCCCCOP(=O)(F)CCC. The molecule has 2 nitrogen and oxygen atoms in total. The predicted molar refractivity (Wildman–Crippen MR) is 54.0 cm³/mol. The molecule has 0 aliphatic heterocycles. The van der Waals surface area contributed by atoms with Crippen LogP contribution in [0.2, 0.25) is 0 Å². The van der Waals surface area contributed by atoms with Crippen molar-refractivity contribution in [3.05, 3.63) is 0 Å². The lowest BCUT2D eigenvalue weighted by Gasteiger charge is -2.08. The highest BCUT2D eigenvalue weighted by atomic mass is 31.2. The fourth-order valence-electron chi connectivity index (χ4n) is 1.06. The number of rotatable bonds is 8. The Morgan fingerprint density at radius 1 is 1.15 bits per heavy atom. The Kier molecular flexibility index (Phi) is 7.59. The molecule has 0 aliphatic carbocycles. The molecule has 13 heavy (non-hydrogen) atoms. The Hall–Kier alpha value is 0.120. The van der Waals surface area contributed by atoms with E-state index in [1.807, 2.05) is 0 Å². The van der Waals surface area contributed by atoms with Gasteiger partial charge in [-0.05, 0) is 12.8 Å². The highest BCUT2D eigenvalue weighted by Crippen LogP contribution is 2.49. The van der Waals surface area contributed by atoms with Crippen LogP contribution >= 0.6 is 7.68 Å². The second-order valence-electron chi connectivity index (χ2n) is 3.21. The Bertz CT molecular complexity index is 162. The summed E-state index contributed by atoms with van der Waals surface area (Å²) < 4.78 is 28.6. The zero-order valence-electron chi connectivity index (χ0n) is 8.59. The summed E-state index contributed by atoms with van der Waals surface area (Å²) in [6, 6.07) is 0. The van der Waals surface area contributed by atoms with Crippen LogP contribution in [0.3, 0.4) is 0 Å². The van der Waals surface area contributed by atoms with Crippen LogP contribution in [-0.2, 0) is 9.09 Å². The normalized spacial score (nSPS) is 15.6. The van der Waals surface area contributed by atoms with E-state index in [0.717, 1.165) is 25.7 Å². The Morgan fingerprint density at radius 3 is 2.38 bits per heavy atom. The minimum atomic E-state index is -3.74. The summed E-state index contributed by atoms with van der Waals surface area (Å²) in [6.07, 6.45) is 4.74. The van der Waals surface area contributed by atoms with Gasteiger partial charge in [0.2, 0.25) is 0 Å². The van der Waals surface area contributed by atoms with E-state index >= 15 is 0 Å². The molecule has 0 aromatic rings. The van der Waals surface area contributed by atoms with Gasteiger partial charge in [0.25, 0.3) is 0 Å². The molecule has 80 valence electrons. The number of halogens is 1. The molecule has 0 aromatic heterocycles. The smallest absolute Gasteiger partial charge is 0.306 e. The summed E-state index contributed by atoms with van der Waals surface area (Å²) >= 11 is 0. The van der Waals surface area contributed by atoms with Crippen LogP contribution in [0, 0.1) is 0 Å². The zero-order chi connectivity index (χ0) is 10.2. The number of unbranched alkanes of at least 4 members (excludes halogenated alkanes) is 3. The molecule has 0 saturated carbocycles. The topological polar surface area (TPSA) is 26.3 Å². The molecule has 0 aromatic carbocycles. The summed E-state index contributed by atoms with van der Waals surface area (Å²) in [5.41, 5.74) is 0. The maximum absolute atomic E-state index is 12.9. The largest absolute Gasteiger partial charge is 0.367 e. The van der Waals surface area contributed by atoms with Gasteiger partial charge in [0.05, 0.1) is 12.8 Å². The Morgan fingerprint density at radius 2 is 1.85 bits per heavy atom. The highest BCUT2D eigenvalue weighted by Gasteiger charge is 2.19. The molecule has 0 aliphatic rings. The summed E-state index contributed by atoms with van der Waals surface area (Å²) in [5, 5.41) is 0. The molecule has 0 amide bonds. The molecular formula is C9H20FO2P. The average Bonchev–Trinajstić information content (AvgIpc) is 2.04. The van der Waals surface area contributed by atoms with Gasteiger partial charge >= 0.3 is 7.68 Å². The van der Waals surface area contributed by atoms with Gasteiger partial charge in [-0.3, -0.25) is 4.57 Å². The third kappa shape index (κ3) is 8.45. The first-order valence-electron chi connectivity index (χ1n) is 5.05. The first-order chi connectivity index (χ1) is 6.12. The van der Waals surface area contributed by atoms with Crippen LogP contribution < -0.4 is 0 Å². The van der Waals surface area contributed by atoms with E-state index < -0.39 is 7.68 Å². The van der Waals surface area contributed by atoms with E-state index in [4.69, 9.17) is 4.52 Å². The van der Waals surface area contributed by atoms with Crippen molar-refractivity contribution < 1.29 is 13.3 Å². The first kappa shape index (κ1) is 13.1. The monoisotopic (exact) mass is 210 g/mol. The summed E-state index contributed by atoms with van der Waals surface area (Å²) in [6.45, 7) is 4.21. The molecule has 0 spiro atoms. The maximum Gasteiger partial charge on any atom is 0.367 e. The van der Waals surface area contributed by atoms with E-state index in [1.165, 1.54) is 0 Å². The van der Waals surface area contributed by atoms with Gasteiger partial charge < -0.3 is 4.52 Å². The molecular weight excluding hydrogens is 190 g/mol. The van der Waals surface area contributed by atoms with Crippen molar-refractivity contribution in [3.63, 3.8) is 0 Å². The molecule has 0 heterocycles. The van der Waals surface area contributed by atoms with E-state index in [9.17, 15) is 8.76 Å². The molecule has 0 bridgehead atoms. The number of hydrogen-bond donors (Lipinski definition) is 0. The highest BCUT2D eigenvalue weighted by molar-refractivity contribution is 7.53. The third-order valence-corrected chi connectivity index (χ3v) is 3.32. The first-order valence-corrected chi connectivity index (χ1v) is 6.75. The lowest BCUT2D eigenvalue weighted by molar-refractivity contribution is 0.277. The van der Waals surface area contributed by atoms with Crippen molar-refractivity contribution in [1.82, 2.24) is 0 Å². The summed E-state index contributed by atoms with van der Waals surface area (Å²) in [7, 11) is -3.74. The van der Waals surface area contributed by atoms with Crippen molar-refractivity contribution in [2.24, 2.45) is 0 Å². The molecule has 1 unspecified atom stereocenters. The van der Waals surface area contributed by atoms with Crippen molar-refractivity contribution in [2.75, 3.05) is 12.8 Å². The summed E-state index contributed by atoms with van der Waals surface area (Å²) in [5.74, 6) is 0. The van der Waals surface area contributed by atoms with Crippen LogP contribution in [-0.4, -0.2) is 12.8 Å². The Balaban J connectivity index is 3.35. The quantitative estimate of drug-likeness (QED) is 0.444. The molecule has 0 saturated heterocycles. The summed E-state index contributed by atoms with van der Waals surface area (Å²) in [4.78, 5) is 0. The standard InChI is InChI=1S/C9H20FO2P/c1-3-5-6-7-8-12-13(10,11)9-4-2/h3-9H2,1-2H3. The average molecular weight is 210 g/mol. The van der Waals surface area contributed by atoms with E-state index in [-0.39, 0.29) is 6.16 Å². The molecule has 1 atom stereocenters. The van der Waals surface area contributed by atoms with Crippen LogP contribution in [0.25, 0.3) is 0 Å². The third-order valence-electron chi connectivity index (χ3n) is 1.77. The van der Waals surface area contributed by atoms with Crippen LogP contribution in [0.5, 0.6) is 0 Å². The lowest BCUT2D eigenvalue weighted by atomic mass is 10.2. The maximum atomic E-state index is 12.9. The second-order valence-corrected chi connectivity index (χ2v) is 5.09. The van der Waals surface area contributed by atoms with Crippen LogP contribution in [0.15, 0.2) is 0 Å². The van der Waals surface area contributed by atoms with Gasteiger partial charge in [-0.1, -0.05) is 33.1 Å². The van der Waals surface area contributed by atoms with Gasteiger partial charge in [-0.25, -0.2) is 0 Å². The Labute approximate surface area is 80.4 Å². The van der Waals surface area contributed by atoms with Gasteiger partial charge in [0.15, 0.2) is 0 Å². The van der Waals surface area contributed by atoms with Gasteiger partial charge in [-0.2, -0.15) is 4.20 Å². The second kappa shape index (κ2) is 7.52. The van der Waals surface area contributed by atoms with Crippen molar-refractivity contribution in [3.8, 4) is 0 Å². The van der Waals surface area contributed by atoms with Crippen molar-refractivity contribution in [1.29, 1.82) is 0 Å². The molecule has 4 heteroatoms. The van der Waals surface area contributed by atoms with E-state index in [1.54, 1.807) is 6.92 Å². The van der Waals surface area contributed by atoms with Gasteiger partial charge in [-0.15, -0.1) is 0 Å². The van der Waals surface area contributed by atoms with Gasteiger partial charge in [0, 0.05) is 0 Å². The van der Waals surface area contributed by atoms with Crippen LogP contribution in [0.4, 0.5) is 4.20 Å². The number of hydrogen-bond acceptors (Lipinski definition) is 2. The van der Waals surface area contributed by atoms with Crippen LogP contribution in [0.1, 0.15) is 46.0 Å². The zero-order valence-corrected chi connectivity index (χ0v) is 9.49. The fourth-order valence-corrected chi connectivity index (χ4v) is 2.13. The van der Waals surface area contributed by atoms with E-state index in [0.29, 0.717) is 13.0 Å². The predicted octanol–water partition coefficient (Wildman–Crippen LogP) is 4.16. The molecule has 0 radical (unpaired) electrons.